The van der Waals surface area contributed by atoms with Crippen molar-refractivity contribution in [3.05, 3.63) is 59.8 Å². The number of hydrogen-bond donors (Lipinski definition) is 0. The number of ketones is 1. The lowest BCUT2D eigenvalue weighted by molar-refractivity contribution is -0.117. The van der Waals surface area contributed by atoms with Crippen LogP contribution >= 0.6 is 0 Å². The van der Waals surface area contributed by atoms with Crippen molar-refractivity contribution in [2.75, 3.05) is 0 Å². The molecule has 4 aliphatic rings. The molecule has 5 heteroatoms. The number of rotatable bonds is 11. The van der Waals surface area contributed by atoms with Crippen molar-refractivity contribution in [3.63, 3.8) is 0 Å². The van der Waals surface area contributed by atoms with Gasteiger partial charge in [0.05, 0.1) is 17.6 Å². The highest BCUT2D eigenvalue weighted by molar-refractivity contribution is 6.74. The summed E-state index contributed by atoms with van der Waals surface area (Å²) in [5.41, 5.74) is 4.19. The molecule has 0 bridgehead atoms. The SMILES string of the molecule is C=C1C(=CC=C2CCC[C@]3(C)[C@@H]([C@H](C)C=CC(=O)C4(C=CCC)CC4)CC[C@@H]23)C[C@@H](O[Si](C)(C)C(C)(C)C)C[C@@H]1O[Si](C)(C)C(C)(C)C. The zero-order valence-corrected chi connectivity index (χ0v) is 35.4. The topological polar surface area (TPSA) is 35.5 Å². The van der Waals surface area contributed by atoms with Gasteiger partial charge < -0.3 is 8.85 Å². The Balaban J connectivity index is 1.56. The first-order valence-corrected chi connectivity index (χ1v) is 25.2. The zero-order valence-electron chi connectivity index (χ0n) is 33.4. The molecule has 3 nitrogen and oxygen atoms in total. The highest BCUT2D eigenvalue weighted by atomic mass is 28.4. The molecule has 4 fully saturated rings. The molecule has 48 heavy (non-hydrogen) atoms. The summed E-state index contributed by atoms with van der Waals surface area (Å²) in [6.45, 7) is 35.2. The third-order valence-electron chi connectivity index (χ3n) is 13.9. The number of allylic oxidation sites excluding steroid dienone is 7. The Morgan fingerprint density at radius 2 is 1.60 bits per heavy atom. The second-order valence-corrected chi connectivity index (χ2v) is 28.9. The minimum absolute atomic E-state index is 0.00845. The zero-order chi connectivity index (χ0) is 35.9. The van der Waals surface area contributed by atoms with Gasteiger partial charge in [-0.05, 0) is 134 Å². The van der Waals surface area contributed by atoms with Crippen LogP contribution in [0.5, 0.6) is 0 Å². The fraction of sp³-hybridized carbons (Fsp3) is 0.744. The fourth-order valence-corrected chi connectivity index (χ4v) is 11.1. The molecule has 0 aromatic carbocycles. The summed E-state index contributed by atoms with van der Waals surface area (Å²) in [4.78, 5) is 13.2. The maximum Gasteiger partial charge on any atom is 0.192 e. The minimum Gasteiger partial charge on any atom is -0.413 e. The van der Waals surface area contributed by atoms with E-state index in [2.05, 4.69) is 119 Å². The molecule has 0 saturated heterocycles. The van der Waals surface area contributed by atoms with Crippen LogP contribution in [0.15, 0.2) is 59.8 Å². The van der Waals surface area contributed by atoms with Gasteiger partial charge in [0, 0.05) is 6.42 Å². The fourth-order valence-electron chi connectivity index (χ4n) is 8.42. The Hall–Kier alpha value is -1.28. The highest BCUT2D eigenvalue weighted by Gasteiger charge is 2.51. The molecule has 4 rings (SSSR count). The number of carbonyl (C=O) groups excluding carboxylic acids is 1. The van der Waals surface area contributed by atoms with Crippen LogP contribution < -0.4 is 0 Å². The van der Waals surface area contributed by atoms with Crippen molar-refractivity contribution in [1.29, 1.82) is 0 Å². The molecule has 0 aliphatic heterocycles. The Morgan fingerprint density at radius 3 is 2.19 bits per heavy atom. The average molecular weight is 693 g/mol. The first-order chi connectivity index (χ1) is 22.1. The average Bonchev–Trinajstić information content (AvgIpc) is 3.68. The van der Waals surface area contributed by atoms with Crippen molar-refractivity contribution < 1.29 is 13.6 Å². The molecule has 0 aromatic rings. The summed E-state index contributed by atoms with van der Waals surface area (Å²) >= 11 is 0. The van der Waals surface area contributed by atoms with Crippen LogP contribution in [0, 0.1) is 28.6 Å². The van der Waals surface area contributed by atoms with Gasteiger partial charge in [0.1, 0.15) is 0 Å². The standard InChI is InChI=1S/C43H72O3Si2/c1-15-16-26-43(27-28-43)39(44)24-19-31(2)36-22-23-37-33(18-17-25-42(36,37)10)20-21-34-29-35(45-47(11,12)40(4,5)6)30-38(32(34)3)46-48(13,14)41(7,8)9/h16,19-21,24,26,31,35-38H,3,15,17-18,22-23,25,27-30H2,1-2,4-14H3/t31-,35-,36-,37+,38+,42-/m1/s1. The van der Waals surface area contributed by atoms with Gasteiger partial charge in [0.15, 0.2) is 22.4 Å². The summed E-state index contributed by atoms with van der Waals surface area (Å²) in [5.74, 6) is 1.94. The Kier molecular flexibility index (Phi) is 11.8. The molecule has 270 valence electrons. The maximum atomic E-state index is 13.2. The lowest BCUT2D eigenvalue weighted by Gasteiger charge is -2.45. The van der Waals surface area contributed by atoms with E-state index in [4.69, 9.17) is 15.4 Å². The van der Waals surface area contributed by atoms with E-state index in [-0.39, 0.29) is 33.1 Å². The molecule has 6 atom stereocenters. The van der Waals surface area contributed by atoms with Gasteiger partial charge in [-0.3, -0.25) is 4.79 Å². The Bertz CT molecular complexity index is 1310. The van der Waals surface area contributed by atoms with E-state index < -0.39 is 16.6 Å². The molecule has 0 aromatic heterocycles. The molecule has 0 amide bonds. The van der Waals surface area contributed by atoms with E-state index in [0.29, 0.717) is 23.5 Å². The largest absolute Gasteiger partial charge is 0.413 e. The normalized spacial score (nSPS) is 32.4. The highest BCUT2D eigenvalue weighted by Crippen LogP contribution is 2.60. The van der Waals surface area contributed by atoms with E-state index in [0.717, 1.165) is 32.1 Å². The molecular formula is C43H72O3Si2. The predicted octanol–water partition coefficient (Wildman–Crippen LogP) is 12.7. The predicted molar refractivity (Wildman–Crippen MR) is 211 cm³/mol. The number of hydrogen-bond acceptors (Lipinski definition) is 3. The third kappa shape index (κ3) is 8.43. The molecule has 0 N–H and O–H groups in total. The van der Waals surface area contributed by atoms with Gasteiger partial charge >= 0.3 is 0 Å². The Labute approximate surface area is 298 Å². The van der Waals surface area contributed by atoms with E-state index in [1.54, 1.807) is 5.57 Å². The lowest BCUT2D eigenvalue weighted by Crippen LogP contribution is -2.49. The Morgan fingerprint density at radius 1 is 0.979 bits per heavy atom. The third-order valence-corrected chi connectivity index (χ3v) is 22.9. The lowest BCUT2D eigenvalue weighted by atomic mass is 9.61. The molecular weight excluding hydrogens is 621 g/mol. The van der Waals surface area contributed by atoms with Gasteiger partial charge in [0.25, 0.3) is 0 Å². The van der Waals surface area contributed by atoms with Gasteiger partial charge in [-0.25, -0.2) is 0 Å². The van der Waals surface area contributed by atoms with Crippen LogP contribution in [0.2, 0.25) is 36.3 Å². The second kappa shape index (κ2) is 14.4. The summed E-state index contributed by atoms with van der Waals surface area (Å²) in [7, 11) is -3.94. The molecule has 0 radical (unpaired) electrons. The summed E-state index contributed by atoms with van der Waals surface area (Å²) < 4.78 is 14.2. The molecule has 0 heterocycles. The van der Waals surface area contributed by atoms with Gasteiger partial charge in [0.2, 0.25) is 0 Å². The van der Waals surface area contributed by atoms with E-state index in [1.807, 2.05) is 6.08 Å². The second-order valence-electron chi connectivity index (χ2n) is 19.4. The quantitative estimate of drug-likeness (QED) is 0.123. The first-order valence-electron chi connectivity index (χ1n) is 19.4. The van der Waals surface area contributed by atoms with E-state index in [9.17, 15) is 4.79 Å². The number of carbonyl (C=O) groups is 1. The molecule has 0 spiro atoms. The maximum absolute atomic E-state index is 13.2. The van der Waals surface area contributed by atoms with Crippen LogP contribution in [-0.2, 0) is 13.6 Å². The van der Waals surface area contributed by atoms with Crippen molar-refractivity contribution in [2.45, 2.75) is 175 Å². The van der Waals surface area contributed by atoms with Gasteiger partial charge in [-0.15, -0.1) is 0 Å². The monoisotopic (exact) mass is 693 g/mol. The van der Waals surface area contributed by atoms with Gasteiger partial charge in [-0.2, -0.15) is 0 Å². The van der Waals surface area contributed by atoms with Crippen LogP contribution in [0.25, 0.3) is 0 Å². The van der Waals surface area contributed by atoms with Gasteiger partial charge in [-0.1, -0.05) is 105 Å². The summed E-state index contributed by atoms with van der Waals surface area (Å²) in [6, 6.07) is 0. The van der Waals surface area contributed by atoms with Crippen molar-refractivity contribution in [3.8, 4) is 0 Å². The molecule has 4 aliphatic carbocycles. The van der Waals surface area contributed by atoms with E-state index in [1.165, 1.54) is 43.3 Å². The smallest absolute Gasteiger partial charge is 0.192 e. The van der Waals surface area contributed by atoms with Crippen LogP contribution in [0.1, 0.15) is 127 Å². The van der Waals surface area contributed by atoms with Crippen molar-refractivity contribution >= 4 is 22.4 Å². The van der Waals surface area contributed by atoms with Crippen molar-refractivity contribution in [2.24, 2.45) is 28.6 Å². The van der Waals surface area contributed by atoms with Crippen molar-refractivity contribution in [1.82, 2.24) is 0 Å². The summed E-state index contributed by atoms with van der Waals surface area (Å²) in [5, 5.41) is 0.308. The number of fused-ring (bicyclic) bond motifs is 1. The first kappa shape index (κ1) is 39.5. The minimum atomic E-state index is -1.99. The summed E-state index contributed by atoms with van der Waals surface area (Å²) in [6.07, 6.45) is 24.7. The van der Waals surface area contributed by atoms with Crippen LogP contribution in [0.4, 0.5) is 0 Å². The van der Waals surface area contributed by atoms with Crippen LogP contribution in [0.3, 0.4) is 0 Å². The van der Waals surface area contributed by atoms with E-state index >= 15 is 0 Å². The van der Waals surface area contributed by atoms with Crippen LogP contribution in [-0.4, -0.2) is 34.6 Å². The molecule has 0 unspecified atom stereocenters. The molecule has 4 saturated carbocycles.